The number of aryl methyl sites for hydroxylation is 1. The number of nitrogens with zero attached hydrogens (tertiary/aromatic N) is 3. The van der Waals surface area contributed by atoms with E-state index in [0.29, 0.717) is 34.4 Å². The van der Waals surface area contributed by atoms with Crippen LogP contribution in [-0.2, 0) is 21.4 Å². The minimum atomic E-state index is -3.54. The number of aromatic nitrogens is 3. The van der Waals surface area contributed by atoms with Crippen LogP contribution in [0.1, 0.15) is 42.4 Å². The van der Waals surface area contributed by atoms with Crippen LogP contribution in [0.25, 0.3) is 0 Å². The molecule has 1 saturated heterocycles. The molecule has 0 bridgehead atoms. The highest BCUT2D eigenvalue weighted by atomic mass is 32.2. The van der Waals surface area contributed by atoms with E-state index in [1.165, 1.54) is 15.6 Å². The molecule has 2 aromatic heterocycles. The maximum absolute atomic E-state index is 12.9. The molecule has 1 unspecified atom stereocenters. The Morgan fingerprint density at radius 1 is 1.39 bits per heavy atom. The summed E-state index contributed by atoms with van der Waals surface area (Å²) in [5, 5.41) is 9.92. The van der Waals surface area contributed by atoms with Gasteiger partial charge in [0.1, 0.15) is 4.21 Å². The van der Waals surface area contributed by atoms with E-state index in [0.717, 1.165) is 23.5 Å². The number of hydrogen-bond acceptors (Lipinski definition) is 6. The first-order valence-electron chi connectivity index (χ1n) is 9.36. The van der Waals surface area contributed by atoms with Crippen molar-refractivity contribution in [3.63, 3.8) is 0 Å². The molecule has 1 atom stereocenters. The van der Waals surface area contributed by atoms with Gasteiger partial charge in [-0.25, -0.2) is 8.42 Å². The van der Waals surface area contributed by atoms with Crippen molar-refractivity contribution >= 4 is 39.5 Å². The number of amides is 1. The van der Waals surface area contributed by atoms with Gasteiger partial charge in [0.2, 0.25) is 5.91 Å². The van der Waals surface area contributed by atoms with E-state index in [9.17, 15) is 13.2 Å². The molecule has 8 nitrogen and oxygen atoms in total. The molecule has 3 heterocycles. The van der Waals surface area contributed by atoms with Gasteiger partial charge >= 0.3 is 0 Å². The van der Waals surface area contributed by atoms with E-state index in [-0.39, 0.29) is 24.9 Å². The Hall–Kier alpha value is -1.56. The molecule has 0 aromatic carbocycles. The van der Waals surface area contributed by atoms with Crippen molar-refractivity contribution in [1.82, 2.24) is 24.4 Å². The van der Waals surface area contributed by atoms with Gasteiger partial charge in [-0.2, -0.15) is 9.40 Å². The van der Waals surface area contributed by atoms with Gasteiger partial charge in [-0.1, -0.05) is 0 Å². The van der Waals surface area contributed by atoms with Crippen molar-refractivity contribution in [3.8, 4) is 0 Å². The molecule has 2 fully saturated rings. The molecular formula is C17H23N5O3S3. The summed E-state index contributed by atoms with van der Waals surface area (Å²) in [6, 6.07) is 3.82. The lowest BCUT2D eigenvalue weighted by Crippen LogP contribution is -2.45. The summed E-state index contributed by atoms with van der Waals surface area (Å²) in [4.78, 5) is 13.6. The molecule has 28 heavy (non-hydrogen) atoms. The van der Waals surface area contributed by atoms with Crippen molar-refractivity contribution < 1.29 is 13.2 Å². The second-order valence-electron chi connectivity index (χ2n) is 7.33. The highest BCUT2D eigenvalue weighted by Crippen LogP contribution is 2.35. The number of rotatable bonds is 6. The summed E-state index contributed by atoms with van der Waals surface area (Å²) < 4.78 is 30.0. The predicted octanol–water partition coefficient (Wildman–Crippen LogP) is 2.36. The van der Waals surface area contributed by atoms with E-state index in [2.05, 4.69) is 15.5 Å². The van der Waals surface area contributed by atoms with Gasteiger partial charge in [0, 0.05) is 24.0 Å². The Bertz CT molecular complexity index is 1030. The van der Waals surface area contributed by atoms with Crippen LogP contribution in [0.3, 0.4) is 0 Å². The molecule has 1 amide bonds. The van der Waals surface area contributed by atoms with Crippen molar-refractivity contribution in [2.24, 2.45) is 5.92 Å². The monoisotopic (exact) mass is 441 g/mol. The minimum absolute atomic E-state index is 0.140. The van der Waals surface area contributed by atoms with Gasteiger partial charge < -0.3 is 5.32 Å². The molecule has 2 aromatic rings. The summed E-state index contributed by atoms with van der Waals surface area (Å²) >= 11 is 6.52. The van der Waals surface area contributed by atoms with Crippen LogP contribution in [-0.4, -0.2) is 46.5 Å². The quantitative estimate of drug-likeness (QED) is 0.671. The van der Waals surface area contributed by atoms with E-state index in [1.54, 1.807) is 12.1 Å². The highest BCUT2D eigenvalue weighted by molar-refractivity contribution is 7.91. The predicted molar refractivity (Wildman–Crippen MR) is 108 cm³/mol. The molecule has 4 rings (SSSR count). The lowest BCUT2D eigenvalue weighted by molar-refractivity contribution is -0.126. The lowest BCUT2D eigenvalue weighted by Gasteiger charge is -2.30. The number of nitrogens with one attached hydrogen (secondary N) is 2. The number of H-pyrrole nitrogens is 1. The van der Waals surface area contributed by atoms with Crippen LogP contribution in [0.15, 0.2) is 16.3 Å². The Morgan fingerprint density at radius 2 is 2.18 bits per heavy atom. The first-order valence-corrected chi connectivity index (χ1v) is 12.0. The highest BCUT2D eigenvalue weighted by Gasteiger charge is 2.34. The molecule has 1 aliphatic carbocycles. The second-order valence-corrected chi connectivity index (χ2v) is 11.2. The van der Waals surface area contributed by atoms with Crippen LogP contribution in [0.5, 0.6) is 0 Å². The average Bonchev–Trinajstić information content (AvgIpc) is 3.30. The number of carbonyl (C=O) groups is 1. The zero-order valence-corrected chi connectivity index (χ0v) is 18.0. The van der Waals surface area contributed by atoms with Gasteiger partial charge in [0.15, 0.2) is 10.6 Å². The number of aromatic amines is 1. The summed E-state index contributed by atoms with van der Waals surface area (Å²) in [6.45, 7) is 2.83. The standard InChI is InChI=1S/C17H23N5O3S3/c1-11-4-7-15(27-11)28(24,25)21-8-2-3-12(10-21)16(23)18-9-14-19-20-17(26)22(14)13-5-6-13/h4,7,12-13H,2-3,5-6,8-10H2,1H3,(H,18,23)(H,20,26). The Balaban J connectivity index is 1.40. The van der Waals surface area contributed by atoms with Crippen LogP contribution in [0.2, 0.25) is 0 Å². The Labute approximate surface area is 173 Å². The molecule has 0 radical (unpaired) electrons. The van der Waals surface area contributed by atoms with Crippen LogP contribution < -0.4 is 5.32 Å². The average molecular weight is 442 g/mol. The third kappa shape index (κ3) is 3.93. The first kappa shape index (κ1) is 19.7. The van der Waals surface area contributed by atoms with Gasteiger partial charge in [-0.05, 0) is 57.0 Å². The smallest absolute Gasteiger partial charge is 0.252 e. The van der Waals surface area contributed by atoms with E-state index in [4.69, 9.17) is 12.2 Å². The fourth-order valence-corrected chi connectivity index (χ4v) is 6.80. The normalized spacial score (nSPS) is 21.0. The molecule has 152 valence electrons. The van der Waals surface area contributed by atoms with E-state index < -0.39 is 10.0 Å². The first-order chi connectivity index (χ1) is 13.4. The van der Waals surface area contributed by atoms with Crippen molar-refractivity contribution in [2.45, 2.75) is 49.4 Å². The topological polar surface area (TPSA) is 100 Å². The molecule has 2 N–H and O–H groups in total. The van der Waals surface area contributed by atoms with E-state index >= 15 is 0 Å². The van der Waals surface area contributed by atoms with Crippen LogP contribution in [0.4, 0.5) is 0 Å². The summed E-state index contributed by atoms with van der Waals surface area (Å²) in [5.41, 5.74) is 0. The SMILES string of the molecule is Cc1ccc(S(=O)(=O)N2CCCC(C(=O)NCc3n[nH]c(=S)n3C3CC3)C2)s1. The summed E-state index contributed by atoms with van der Waals surface area (Å²) in [6.07, 6.45) is 3.50. The third-order valence-corrected chi connectivity index (χ3v) is 8.80. The van der Waals surface area contributed by atoms with Crippen molar-refractivity contribution in [2.75, 3.05) is 13.1 Å². The van der Waals surface area contributed by atoms with Gasteiger partial charge in [-0.15, -0.1) is 11.3 Å². The fraction of sp³-hybridized carbons (Fsp3) is 0.588. The number of thiophene rings is 1. The Morgan fingerprint density at radius 3 is 2.86 bits per heavy atom. The zero-order valence-electron chi connectivity index (χ0n) is 15.6. The molecule has 0 spiro atoms. The summed E-state index contributed by atoms with van der Waals surface area (Å²) in [7, 11) is -3.54. The van der Waals surface area contributed by atoms with Crippen LogP contribution >= 0.6 is 23.6 Å². The lowest BCUT2D eigenvalue weighted by atomic mass is 9.99. The number of carbonyl (C=O) groups excluding carboxylic acids is 1. The molecule has 1 saturated carbocycles. The van der Waals surface area contributed by atoms with Crippen molar-refractivity contribution in [1.29, 1.82) is 0 Å². The maximum Gasteiger partial charge on any atom is 0.252 e. The second kappa shape index (κ2) is 7.69. The van der Waals surface area contributed by atoms with Crippen LogP contribution in [0, 0.1) is 17.6 Å². The molecule has 11 heteroatoms. The zero-order chi connectivity index (χ0) is 19.9. The third-order valence-electron chi connectivity index (χ3n) is 5.18. The number of piperidine rings is 1. The summed E-state index contributed by atoms with van der Waals surface area (Å²) in [5.74, 6) is 0.217. The Kier molecular flexibility index (Phi) is 5.43. The maximum atomic E-state index is 12.9. The van der Waals surface area contributed by atoms with Crippen molar-refractivity contribution in [3.05, 3.63) is 27.6 Å². The largest absolute Gasteiger partial charge is 0.349 e. The fourth-order valence-electron chi connectivity index (χ4n) is 3.53. The molecule has 2 aliphatic rings. The minimum Gasteiger partial charge on any atom is -0.349 e. The molecular weight excluding hydrogens is 418 g/mol. The number of hydrogen-bond donors (Lipinski definition) is 2. The van der Waals surface area contributed by atoms with Gasteiger partial charge in [0.25, 0.3) is 10.0 Å². The van der Waals surface area contributed by atoms with Gasteiger partial charge in [0.05, 0.1) is 12.5 Å². The van der Waals surface area contributed by atoms with Gasteiger partial charge in [-0.3, -0.25) is 14.5 Å². The molecule has 1 aliphatic heterocycles. The van der Waals surface area contributed by atoms with E-state index in [1.807, 2.05) is 11.5 Å². The number of sulfonamides is 1.